The van der Waals surface area contributed by atoms with Gasteiger partial charge in [0.05, 0.1) is 11.0 Å². The molecule has 0 unspecified atom stereocenters. The van der Waals surface area contributed by atoms with Crippen molar-refractivity contribution in [3.05, 3.63) is 205 Å². The Labute approximate surface area is 310 Å². The van der Waals surface area contributed by atoms with E-state index in [1.807, 2.05) is 0 Å². The Bertz CT molecular complexity index is 2770. The van der Waals surface area contributed by atoms with Crippen LogP contribution in [0, 0.1) is 0 Å². The van der Waals surface area contributed by atoms with Gasteiger partial charge in [0.2, 0.25) is 0 Å². The number of para-hydroxylation sites is 3. The molecule has 1 aliphatic rings. The van der Waals surface area contributed by atoms with Gasteiger partial charge in [0.15, 0.2) is 0 Å². The number of nitrogens with zero attached hydrogens (tertiary/aromatic N) is 2. The zero-order chi connectivity index (χ0) is 35.5. The van der Waals surface area contributed by atoms with E-state index in [0.29, 0.717) is 0 Å². The van der Waals surface area contributed by atoms with E-state index in [2.05, 4.69) is 217 Å². The molecule has 0 aliphatic heterocycles. The van der Waals surface area contributed by atoms with Crippen LogP contribution in [-0.2, 0) is 5.41 Å². The first-order valence-electron chi connectivity index (χ1n) is 18.4. The summed E-state index contributed by atoms with van der Waals surface area (Å²) in [5.41, 5.74) is 17.3. The highest BCUT2D eigenvalue weighted by Gasteiger charge is 2.35. The Morgan fingerprint density at radius 2 is 0.906 bits per heavy atom. The molecule has 0 radical (unpaired) electrons. The largest absolute Gasteiger partial charge is 0.310 e. The summed E-state index contributed by atoms with van der Waals surface area (Å²) in [4.78, 5) is 2.35. The Morgan fingerprint density at radius 1 is 0.377 bits per heavy atom. The molecular formula is C51H38N2. The van der Waals surface area contributed by atoms with Crippen LogP contribution in [0.15, 0.2) is 194 Å². The molecule has 0 spiro atoms. The quantitative estimate of drug-likeness (QED) is 0.170. The number of hydrogen-bond donors (Lipinski definition) is 0. The van der Waals surface area contributed by atoms with Gasteiger partial charge in [-0.15, -0.1) is 0 Å². The van der Waals surface area contributed by atoms with Gasteiger partial charge in [-0.25, -0.2) is 0 Å². The summed E-state index contributed by atoms with van der Waals surface area (Å²) in [6.07, 6.45) is 0. The Kier molecular flexibility index (Phi) is 7.19. The van der Waals surface area contributed by atoms with Gasteiger partial charge in [0.1, 0.15) is 0 Å². The van der Waals surface area contributed by atoms with E-state index in [0.717, 1.165) is 22.7 Å². The summed E-state index contributed by atoms with van der Waals surface area (Å²) in [6.45, 7) is 4.67. The Hall–Kier alpha value is -6.64. The van der Waals surface area contributed by atoms with Gasteiger partial charge in [0, 0.05) is 38.9 Å². The lowest BCUT2D eigenvalue weighted by Crippen LogP contribution is -2.14. The first kappa shape index (κ1) is 31.1. The van der Waals surface area contributed by atoms with Crippen molar-refractivity contribution < 1.29 is 0 Å². The van der Waals surface area contributed by atoms with Gasteiger partial charge < -0.3 is 9.47 Å². The Morgan fingerprint density at radius 3 is 1.66 bits per heavy atom. The minimum Gasteiger partial charge on any atom is -0.310 e. The summed E-state index contributed by atoms with van der Waals surface area (Å²) in [6, 6.07) is 70.7. The maximum absolute atomic E-state index is 2.38. The van der Waals surface area contributed by atoms with Crippen molar-refractivity contribution in [3.63, 3.8) is 0 Å². The van der Waals surface area contributed by atoms with E-state index in [1.54, 1.807) is 0 Å². The highest BCUT2D eigenvalue weighted by Crippen LogP contribution is 2.49. The van der Waals surface area contributed by atoms with Gasteiger partial charge >= 0.3 is 0 Å². The minimum absolute atomic E-state index is 0.0193. The summed E-state index contributed by atoms with van der Waals surface area (Å²) in [7, 11) is 0. The number of benzene rings is 8. The second-order valence-electron chi connectivity index (χ2n) is 14.6. The van der Waals surface area contributed by atoms with Crippen LogP contribution in [0.4, 0.5) is 17.1 Å². The number of fused-ring (bicyclic) bond motifs is 6. The zero-order valence-corrected chi connectivity index (χ0v) is 29.9. The molecule has 53 heavy (non-hydrogen) atoms. The summed E-state index contributed by atoms with van der Waals surface area (Å²) in [5.74, 6) is 0. The standard InChI is InChI=1S/C51H38N2/c1-51(2)47-19-11-9-17-43(47)46-33-38(27-32-48(46)51)37-23-21-35(22-24-37)36-25-28-41(29-26-36)52(39-13-5-3-6-14-39)42-30-31-45-44-18-10-12-20-49(44)53(50(45)34-42)40-15-7-4-8-16-40/h3-34H,1-2H3. The predicted molar refractivity (Wildman–Crippen MR) is 224 cm³/mol. The third-order valence-electron chi connectivity index (χ3n) is 11.2. The normalized spacial score (nSPS) is 12.9. The molecule has 0 saturated heterocycles. The molecule has 0 bridgehead atoms. The van der Waals surface area contributed by atoms with E-state index < -0.39 is 0 Å². The van der Waals surface area contributed by atoms with E-state index in [9.17, 15) is 0 Å². The van der Waals surface area contributed by atoms with Gasteiger partial charge in [-0.2, -0.15) is 0 Å². The highest BCUT2D eigenvalue weighted by atomic mass is 15.1. The SMILES string of the molecule is CC1(C)c2ccccc2-c2cc(-c3ccc(-c4ccc(N(c5ccccc5)c5ccc6c7ccccc7n(-c7ccccc7)c6c5)cc4)cc3)ccc21. The number of anilines is 3. The van der Waals surface area contributed by atoms with E-state index in [4.69, 9.17) is 0 Å². The zero-order valence-electron chi connectivity index (χ0n) is 29.9. The molecule has 1 heterocycles. The first-order chi connectivity index (χ1) is 26.0. The van der Waals surface area contributed by atoms with Gasteiger partial charge in [0.25, 0.3) is 0 Å². The van der Waals surface area contributed by atoms with Gasteiger partial charge in [-0.1, -0.05) is 147 Å². The summed E-state index contributed by atoms with van der Waals surface area (Å²) in [5, 5.41) is 2.50. The number of hydrogen-bond acceptors (Lipinski definition) is 1. The monoisotopic (exact) mass is 678 g/mol. The lowest BCUT2D eigenvalue weighted by Gasteiger charge is -2.26. The number of rotatable bonds is 6. The predicted octanol–water partition coefficient (Wildman–Crippen LogP) is 13.9. The Balaban J connectivity index is 1.00. The topological polar surface area (TPSA) is 8.17 Å². The average Bonchev–Trinajstić information content (AvgIpc) is 3.67. The molecule has 1 aromatic heterocycles. The lowest BCUT2D eigenvalue weighted by molar-refractivity contribution is 0.660. The molecule has 2 nitrogen and oxygen atoms in total. The fourth-order valence-corrected chi connectivity index (χ4v) is 8.54. The molecule has 0 saturated carbocycles. The molecule has 0 N–H and O–H groups in total. The molecule has 2 heteroatoms. The smallest absolute Gasteiger partial charge is 0.0561 e. The number of aromatic nitrogens is 1. The summed E-state index contributed by atoms with van der Waals surface area (Å²) < 4.78 is 2.38. The van der Waals surface area contributed by atoms with Gasteiger partial charge in [-0.05, 0) is 105 Å². The molecular weight excluding hydrogens is 641 g/mol. The summed E-state index contributed by atoms with van der Waals surface area (Å²) >= 11 is 0. The highest BCUT2D eigenvalue weighted by molar-refractivity contribution is 6.10. The van der Waals surface area contributed by atoms with Crippen LogP contribution in [0.1, 0.15) is 25.0 Å². The van der Waals surface area contributed by atoms with Crippen LogP contribution >= 0.6 is 0 Å². The van der Waals surface area contributed by atoms with Crippen LogP contribution < -0.4 is 4.90 Å². The van der Waals surface area contributed by atoms with Crippen LogP contribution in [0.5, 0.6) is 0 Å². The lowest BCUT2D eigenvalue weighted by atomic mass is 9.82. The first-order valence-corrected chi connectivity index (χ1v) is 18.4. The average molecular weight is 679 g/mol. The van der Waals surface area contributed by atoms with Crippen LogP contribution in [-0.4, -0.2) is 4.57 Å². The van der Waals surface area contributed by atoms with E-state index in [1.165, 1.54) is 66.3 Å². The minimum atomic E-state index is 0.0193. The van der Waals surface area contributed by atoms with E-state index >= 15 is 0 Å². The maximum Gasteiger partial charge on any atom is 0.0561 e. The molecule has 9 aromatic rings. The fourth-order valence-electron chi connectivity index (χ4n) is 8.54. The van der Waals surface area contributed by atoms with Crippen molar-refractivity contribution >= 4 is 38.9 Å². The van der Waals surface area contributed by atoms with Crippen molar-refractivity contribution in [2.45, 2.75) is 19.3 Å². The van der Waals surface area contributed by atoms with E-state index in [-0.39, 0.29) is 5.41 Å². The van der Waals surface area contributed by atoms with Gasteiger partial charge in [-0.3, -0.25) is 0 Å². The third kappa shape index (κ3) is 5.10. The molecule has 10 rings (SSSR count). The molecule has 1 aliphatic carbocycles. The molecule has 0 atom stereocenters. The molecule has 252 valence electrons. The second-order valence-corrected chi connectivity index (χ2v) is 14.6. The van der Waals surface area contributed by atoms with Crippen LogP contribution in [0.25, 0.3) is 60.9 Å². The second kappa shape index (κ2) is 12.3. The fraction of sp³-hybridized carbons (Fsp3) is 0.0588. The van der Waals surface area contributed by atoms with Crippen molar-refractivity contribution in [1.29, 1.82) is 0 Å². The van der Waals surface area contributed by atoms with Crippen molar-refractivity contribution in [3.8, 4) is 39.1 Å². The van der Waals surface area contributed by atoms with Crippen molar-refractivity contribution in [2.75, 3.05) is 4.90 Å². The maximum atomic E-state index is 2.38. The molecule has 0 amide bonds. The molecule has 0 fully saturated rings. The third-order valence-corrected chi connectivity index (χ3v) is 11.2. The van der Waals surface area contributed by atoms with Crippen LogP contribution in [0.2, 0.25) is 0 Å². The molecule has 8 aromatic carbocycles. The van der Waals surface area contributed by atoms with Crippen molar-refractivity contribution in [1.82, 2.24) is 4.57 Å². The van der Waals surface area contributed by atoms with Crippen LogP contribution in [0.3, 0.4) is 0 Å². The van der Waals surface area contributed by atoms with Crippen molar-refractivity contribution in [2.24, 2.45) is 0 Å².